The molecular formula is C16H25FN4O4S. The van der Waals surface area contributed by atoms with Gasteiger partial charge < -0.3 is 10.1 Å². The molecule has 0 atom stereocenters. The Morgan fingerprint density at radius 3 is 2.54 bits per heavy atom. The number of carbonyl (C=O) groups excluding carboxylic acids is 1. The average Bonchev–Trinajstić information content (AvgIpc) is 2.61. The summed E-state index contributed by atoms with van der Waals surface area (Å²) in [5.74, 6) is 0.0186. The lowest BCUT2D eigenvalue weighted by Gasteiger charge is -2.29. The SMILES string of the molecule is CN(C)S(=O)(=O)N[C@H]1CC[C@H](C(=O)Nc2ccc(OCCF)nc2)CC1. The molecule has 2 rings (SSSR count). The van der Waals surface area contributed by atoms with Crippen LogP contribution >= 0.6 is 0 Å². The molecule has 146 valence electrons. The Morgan fingerprint density at radius 2 is 2.00 bits per heavy atom. The number of amides is 1. The van der Waals surface area contributed by atoms with E-state index in [1.807, 2.05) is 0 Å². The van der Waals surface area contributed by atoms with Crippen LogP contribution in [0.4, 0.5) is 10.1 Å². The van der Waals surface area contributed by atoms with Crippen molar-refractivity contribution in [3.8, 4) is 5.88 Å². The fraction of sp³-hybridized carbons (Fsp3) is 0.625. The highest BCUT2D eigenvalue weighted by atomic mass is 32.2. The number of hydrogen-bond acceptors (Lipinski definition) is 5. The highest BCUT2D eigenvalue weighted by Gasteiger charge is 2.29. The summed E-state index contributed by atoms with van der Waals surface area (Å²) >= 11 is 0. The summed E-state index contributed by atoms with van der Waals surface area (Å²) < 4.78 is 44.6. The molecule has 1 aromatic rings. The molecule has 26 heavy (non-hydrogen) atoms. The number of carbonyl (C=O) groups is 1. The van der Waals surface area contributed by atoms with E-state index < -0.39 is 16.9 Å². The number of halogens is 1. The number of hydrogen-bond donors (Lipinski definition) is 2. The van der Waals surface area contributed by atoms with Crippen LogP contribution in [0.5, 0.6) is 5.88 Å². The Balaban J connectivity index is 1.81. The highest BCUT2D eigenvalue weighted by molar-refractivity contribution is 7.87. The van der Waals surface area contributed by atoms with Crippen LogP contribution in [0.2, 0.25) is 0 Å². The maximum absolute atomic E-state index is 12.4. The summed E-state index contributed by atoms with van der Waals surface area (Å²) in [5, 5.41) is 2.80. The second kappa shape index (κ2) is 9.24. The topological polar surface area (TPSA) is 101 Å². The minimum Gasteiger partial charge on any atom is -0.475 e. The van der Waals surface area contributed by atoms with E-state index in [0.717, 1.165) is 4.31 Å². The van der Waals surface area contributed by atoms with E-state index in [1.54, 1.807) is 12.1 Å². The van der Waals surface area contributed by atoms with Gasteiger partial charge >= 0.3 is 0 Å². The molecule has 0 bridgehead atoms. The molecule has 0 unspecified atom stereocenters. The Morgan fingerprint density at radius 1 is 1.31 bits per heavy atom. The number of nitrogens with one attached hydrogen (secondary N) is 2. The van der Waals surface area contributed by atoms with Crippen LogP contribution < -0.4 is 14.8 Å². The zero-order chi connectivity index (χ0) is 19.2. The van der Waals surface area contributed by atoms with Gasteiger partial charge in [0.2, 0.25) is 11.8 Å². The number of alkyl halides is 1. The molecule has 1 amide bonds. The first-order valence-corrected chi connectivity index (χ1v) is 9.91. The molecule has 1 aliphatic carbocycles. The van der Waals surface area contributed by atoms with Crippen LogP contribution in [-0.4, -0.2) is 57.0 Å². The van der Waals surface area contributed by atoms with Crippen LogP contribution in [0, 0.1) is 5.92 Å². The van der Waals surface area contributed by atoms with Gasteiger partial charge in [-0.05, 0) is 31.7 Å². The summed E-state index contributed by atoms with van der Waals surface area (Å²) in [5.41, 5.74) is 0.540. The summed E-state index contributed by atoms with van der Waals surface area (Å²) in [7, 11) is -0.505. The first kappa shape index (κ1) is 20.5. The van der Waals surface area contributed by atoms with Crippen molar-refractivity contribution in [1.29, 1.82) is 0 Å². The van der Waals surface area contributed by atoms with E-state index in [1.165, 1.54) is 20.3 Å². The fourth-order valence-electron chi connectivity index (χ4n) is 2.72. The van der Waals surface area contributed by atoms with Crippen molar-refractivity contribution in [1.82, 2.24) is 14.0 Å². The highest BCUT2D eigenvalue weighted by Crippen LogP contribution is 2.26. The van der Waals surface area contributed by atoms with Crippen molar-refractivity contribution in [3.63, 3.8) is 0 Å². The summed E-state index contributed by atoms with van der Waals surface area (Å²) in [4.78, 5) is 16.4. The van der Waals surface area contributed by atoms with Gasteiger partial charge in [0.25, 0.3) is 10.2 Å². The van der Waals surface area contributed by atoms with E-state index in [0.29, 0.717) is 37.3 Å². The predicted octanol–water partition coefficient (Wildman–Crippen LogP) is 1.32. The molecule has 0 radical (unpaired) electrons. The lowest BCUT2D eigenvalue weighted by Crippen LogP contribution is -2.44. The first-order chi connectivity index (χ1) is 12.3. The maximum Gasteiger partial charge on any atom is 0.279 e. The monoisotopic (exact) mass is 388 g/mol. The number of aromatic nitrogens is 1. The minimum absolute atomic E-state index is 0.0560. The molecule has 1 saturated carbocycles. The first-order valence-electron chi connectivity index (χ1n) is 8.47. The fourth-order valence-corrected chi connectivity index (χ4v) is 3.58. The number of anilines is 1. The molecule has 1 aliphatic rings. The molecule has 0 aromatic carbocycles. The van der Waals surface area contributed by atoms with Gasteiger partial charge in [-0.2, -0.15) is 17.4 Å². The van der Waals surface area contributed by atoms with E-state index >= 15 is 0 Å². The molecule has 0 aliphatic heterocycles. The Hall–Kier alpha value is -1.78. The summed E-state index contributed by atoms with van der Waals surface area (Å²) in [6, 6.07) is 3.06. The third-order valence-corrected chi connectivity index (χ3v) is 5.82. The molecule has 1 heterocycles. The third-order valence-electron chi connectivity index (χ3n) is 4.23. The Labute approximate surface area is 153 Å². The standard InChI is InChI=1S/C16H25FN4O4S/c1-21(2)26(23,24)20-13-5-3-12(4-6-13)16(22)19-14-7-8-15(18-11-14)25-10-9-17/h7-8,11-13,20H,3-6,9-10H2,1-2H3,(H,19,22)/t12-,13-. The zero-order valence-corrected chi connectivity index (χ0v) is 15.8. The van der Waals surface area contributed by atoms with Gasteiger partial charge in [0, 0.05) is 32.1 Å². The van der Waals surface area contributed by atoms with Crippen molar-refractivity contribution in [2.24, 2.45) is 5.92 Å². The third kappa shape index (κ3) is 5.89. The van der Waals surface area contributed by atoms with Crippen molar-refractivity contribution in [3.05, 3.63) is 18.3 Å². The van der Waals surface area contributed by atoms with E-state index in [-0.39, 0.29) is 24.5 Å². The lowest BCUT2D eigenvalue weighted by atomic mass is 9.86. The quantitative estimate of drug-likeness (QED) is 0.700. The van der Waals surface area contributed by atoms with Gasteiger partial charge in [0.05, 0.1) is 11.9 Å². The Bertz CT molecular complexity index is 689. The molecule has 1 fully saturated rings. The molecule has 0 spiro atoms. The molecular weight excluding hydrogens is 363 g/mol. The van der Waals surface area contributed by atoms with Gasteiger partial charge in [0.15, 0.2) is 0 Å². The van der Waals surface area contributed by atoms with Crippen LogP contribution in [0.25, 0.3) is 0 Å². The van der Waals surface area contributed by atoms with E-state index in [2.05, 4.69) is 15.0 Å². The summed E-state index contributed by atoms with van der Waals surface area (Å²) in [6.07, 6.45) is 3.90. The number of ether oxygens (including phenoxy) is 1. The second-order valence-electron chi connectivity index (χ2n) is 6.37. The second-order valence-corrected chi connectivity index (χ2v) is 8.28. The average molecular weight is 388 g/mol. The predicted molar refractivity (Wildman–Crippen MR) is 95.8 cm³/mol. The van der Waals surface area contributed by atoms with Crippen LogP contribution in [-0.2, 0) is 15.0 Å². The van der Waals surface area contributed by atoms with E-state index in [4.69, 9.17) is 4.74 Å². The smallest absolute Gasteiger partial charge is 0.279 e. The van der Waals surface area contributed by atoms with Crippen LogP contribution in [0.3, 0.4) is 0 Å². The molecule has 8 nitrogen and oxygen atoms in total. The molecule has 0 saturated heterocycles. The molecule has 10 heteroatoms. The van der Waals surface area contributed by atoms with Crippen molar-refractivity contribution in [2.75, 3.05) is 32.7 Å². The van der Waals surface area contributed by atoms with Crippen molar-refractivity contribution >= 4 is 21.8 Å². The van der Waals surface area contributed by atoms with Crippen molar-refractivity contribution < 1.29 is 22.3 Å². The van der Waals surface area contributed by atoms with Crippen LogP contribution in [0.1, 0.15) is 25.7 Å². The van der Waals surface area contributed by atoms with Gasteiger partial charge in [-0.25, -0.2) is 9.37 Å². The Kier molecular flexibility index (Phi) is 7.30. The normalized spacial score (nSPS) is 20.8. The number of pyridine rings is 1. The molecule has 1 aromatic heterocycles. The maximum atomic E-state index is 12.4. The number of rotatable bonds is 8. The largest absolute Gasteiger partial charge is 0.475 e. The van der Waals surface area contributed by atoms with E-state index in [9.17, 15) is 17.6 Å². The lowest BCUT2D eigenvalue weighted by molar-refractivity contribution is -0.120. The number of nitrogens with zero attached hydrogens (tertiary/aromatic N) is 2. The van der Waals surface area contributed by atoms with Crippen molar-refractivity contribution in [2.45, 2.75) is 31.7 Å². The van der Waals surface area contributed by atoms with Gasteiger partial charge in [-0.3, -0.25) is 4.79 Å². The van der Waals surface area contributed by atoms with Gasteiger partial charge in [-0.1, -0.05) is 0 Å². The zero-order valence-electron chi connectivity index (χ0n) is 14.9. The van der Waals surface area contributed by atoms with Crippen LogP contribution in [0.15, 0.2) is 18.3 Å². The minimum atomic E-state index is -3.46. The van der Waals surface area contributed by atoms with Gasteiger partial charge in [0.1, 0.15) is 13.3 Å². The summed E-state index contributed by atoms with van der Waals surface area (Å²) in [6.45, 7) is -0.646. The molecule has 2 N–H and O–H groups in total. The van der Waals surface area contributed by atoms with Gasteiger partial charge in [-0.15, -0.1) is 0 Å².